The lowest BCUT2D eigenvalue weighted by Gasteiger charge is -2.09. The van der Waals surface area contributed by atoms with Gasteiger partial charge >= 0.3 is 0 Å². The predicted octanol–water partition coefficient (Wildman–Crippen LogP) is -0.344. The van der Waals surface area contributed by atoms with Gasteiger partial charge in [0, 0.05) is 11.8 Å². The third-order valence-electron chi connectivity index (χ3n) is 1.47. The van der Waals surface area contributed by atoms with Crippen molar-refractivity contribution in [3.8, 4) is 0 Å². The molecule has 0 aliphatic carbocycles. The molecule has 1 atom stereocenters. The van der Waals surface area contributed by atoms with E-state index in [-0.39, 0.29) is 6.61 Å². The molecule has 1 aromatic heterocycles. The van der Waals surface area contributed by atoms with Crippen LogP contribution in [0.2, 0.25) is 0 Å². The van der Waals surface area contributed by atoms with Gasteiger partial charge in [-0.15, -0.1) is 0 Å². The zero-order chi connectivity index (χ0) is 8.27. The van der Waals surface area contributed by atoms with Crippen LogP contribution in [0, 0.1) is 0 Å². The van der Waals surface area contributed by atoms with Crippen LogP contribution in [0.3, 0.4) is 0 Å². The van der Waals surface area contributed by atoms with E-state index in [0.717, 1.165) is 0 Å². The third-order valence-corrected chi connectivity index (χ3v) is 1.47. The van der Waals surface area contributed by atoms with Gasteiger partial charge in [-0.2, -0.15) is 0 Å². The lowest BCUT2D eigenvalue weighted by molar-refractivity contribution is 0.268. The first-order chi connectivity index (χ1) is 5.25. The topological polar surface area (TPSA) is 85.2 Å². The van der Waals surface area contributed by atoms with E-state index in [9.17, 15) is 0 Å². The smallest absolute Gasteiger partial charge is 0.128 e. The fraction of sp³-hybridized carbons (Fsp3) is 0.286. The van der Waals surface area contributed by atoms with E-state index in [1.54, 1.807) is 18.3 Å². The Morgan fingerprint density at radius 3 is 2.91 bits per heavy atom. The minimum atomic E-state index is -0.427. The Bertz CT molecular complexity index is 239. The minimum absolute atomic E-state index is 0.115. The number of rotatable bonds is 2. The van der Waals surface area contributed by atoms with E-state index in [4.69, 9.17) is 16.6 Å². The summed E-state index contributed by atoms with van der Waals surface area (Å²) < 4.78 is 0. The molecule has 11 heavy (non-hydrogen) atoms. The molecule has 0 aliphatic rings. The number of nitrogens with two attached hydrogens (primary N) is 2. The summed E-state index contributed by atoms with van der Waals surface area (Å²) in [6, 6.07) is 3.06. The fourth-order valence-electron chi connectivity index (χ4n) is 0.842. The van der Waals surface area contributed by atoms with Crippen molar-refractivity contribution in [3.63, 3.8) is 0 Å². The zero-order valence-corrected chi connectivity index (χ0v) is 6.07. The summed E-state index contributed by atoms with van der Waals surface area (Å²) in [7, 11) is 0. The maximum absolute atomic E-state index is 8.70. The quantitative estimate of drug-likeness (QED) is 0.542. The van der Waals surface area contributed by atoms with Gasteiger partial charge in [0.25, 0.3) is 0 Å². The number of pyridine rings is 1. The Morgan fingerprint density at radius 1 is 1.64 bits per heavy atom. The summed E-state index contributed by atoms with van der Waals surface area (Å²) in [5.74, 6) is 0.383. The van der Waals surface area contributed by atoms with E-state index in [0.29, 0.717) is 11.4 Å². The molecule has 0 aromatic carbocycles. The number of hydrogen-bond donors (Lipinski definition) is 3. The van der Waals surface area contributed by atoms with Crippen LogP contribution < -0.4 is 11.5 Å². The summed E-state index contributed by atoms with van der Waals surface area (Å²) in [6.07, 6.45) is 1.59. The van der Waals surface area contributed by atoms with Crippen LogP contribution in [-0.4, -0.2) is 16.7 Å². The molecule has 0 bridgehead atoms. The first-order valence-corrected chi connectivity index (χ1v) is 3.32. The number of aromatic nitrogens is 1. The molecule has 60 valence electrons. The molecular weight excluding hydrogens is 142 g/mol. The molecule has 0 amide bonds. The van der Waals surface area contributed by atoms with Crippen LogP contribution in [0.5, 0.6) is 0 Å². The molecule has 0 spiro atoms. The Kier molecular flexibility index (Phi) is 2.40. The molecule has 0 aliphatic heterocycles. The van der Waals surface area contributed by atoms with Gasteiger partial charge in [0.05, 0.1) is 12.6 Å². The Morgan fingerprint density at radius 2 is 2.36 bits per heavy atom. The van der Waals surface area contributed by atoms with Gasteiger partial charge < -0.3 is 16.6 Å². The van der Waals surface area contributed by atoms with Crippen molar-refractivity contribution in [2.45, 2.75) is 6.04 Å². The van der Waals surface area contributed by atoms with Gasteiger partial charge in [0.1, 0.15) is 5.82 Å². The first kappa shape index (κ1) is 7.97. The SMILES string of the molecule is Nc1ncccc1C(N)CO. The Hall–Kier alpha value is -1.13. The van der Waals surface area contributed by atoms with Crippen LogP contribution in [0.15, 0.2) is 18.3 Å². The second-order valence-corrected chi connectivity index (χ2v) is 2.27. The predicted molar refractivity (Wildman–Crippen MR) is 42.7 cm³/mol. The van der Waals surface area contributed by atoms with Crippen LogP contribution >= 0.6 is 0 Å². The van der Waals surface area contributed by atoms with E-state index >= 15 is 0 Å². The molecule has 0 saturated heterocycles. The largest absolute Gasteiger partial charge is 0.394 e. The maximum Gasteiger partial charge on any atom is 0.128 e. The second kappa shape index (κ2) is 3.32. The number of nitrogens with zero attached hydrogens (tertiary/aromatic N) is 1. The molecule has 0 saturated carbocycles. The van der Waals surface area contributed by atoms with Crippen LogP contribution in [0.25, 0.3) is 0 Å². The van der Waals surface area contributed by atoms with E-state index < -0.39 is 6.04 Å². The molecule has 1 unspecified atom stereocenters. The Balaban J connectivity index is 2.93. The van der Waals surface area contributed by atoms with Crippen molar-refractivity contribution in [2.24, 2.45) is 5.73 Å². The summed E-state index contributed by atoms with van der Waals surface area (Å²) in [6.45, 7) is -0.115. The fourth-order valence-corrected chi connectivity index (χ4v) is 0.842. The van der Waals surface area contributed by atoms with Crippen molar-refractivity contribution < 1.29 is 5.11 Å². The molecule has 1 aromatic rings. The normalized spacial score (nSPS) is 12.9. The van der Waals surface area contributed by atoms with Crippen molar-refractivity contribution in [3.05, 3.63) is 23.9 Å². The standard InChI is InChI=1S/C7H11N3O/c8-6(4-11)5-2-1-3-10-7(5)9/h1-3,6,11H,4,8H2,(H2,9,10). The number of anilines is 1. The van der Waals surface area contributed by atoms with E-state index in [2.05, 4.69) is 4.98 Å². The van der Waals surface area contributed by atoms with Gasteiger partial charge in [0.15, 0.2) is 0 Å². The number of hydrogen-bond acceptors (Lipinski definition) is 4. The average Bonchev–Trinajstić information content (AvgIpc) is 2.04. The van der Waals surface area contributed by atoms with Crippen molar-refractivity contribution in [1.82, 2.24) is 4.98 Å². The highest BCUT2D eigenvalue weighted by atomic mass is 16.3. The van der Waals surface area contributed by atoms with E-state index in [1.807, 2.05) is 0 Å². The number of nitrogen functional groups attached to an aromatic ring is 1. The molecule has 4 heteroatoms. The molecule has 5 N–H and O–H groups in total. The highest BCUT2D eigenvalue weighted by Crippen LogP contribution is 2.14. The minimum Gasteiger partial charge on any atom is -0.394 e. The molecule has 1 heterocycles. The highest BCUT2D eigenvalue weighted by Gasteiger charge is 2.07. The number of aliphatic hydroxyl groups excluding tert-OH is 1. The third kappa shape index (κ3) is 1.66. The Labute approximate surface area is 64.9 Å². The summed E-state index contributed by atoms with van der Waals surface area (Å²) in [5, 5.41) is 8.70. The monoisotopic (exact) mass is 153 g/mol. The van der Waals surface area contributed by atoms with Gasteiger partial charge in [0.2, 0.25) is 0 Å². The lowest BCUT2D eigenvalue weighted by atomic mass is 10.1. The molecule has 0 fully saturated rings. The van der Waals surface area contributed by atoms with Gasteiger partial charge in [-0.05, 0) is 6.07 Å². The first-order valence-electron chi connectivity index (χ1n) is 3.32. The molecule has 0 radical (unpaired) electrons. The summed E-state index contributed by atoms with van der Waals surface area (Å²) >= 11 is 0. The zero-order valence-electron chi connectivity index (χ0n) is 6.07. The van der Waals surface area contributed by atoms with Crippen LogP contribution in [0.4, 0.5) is 5.82 Å². The molecular formula is C7H11N3O. The van der Waals surface area contributed by atoms with Gasteiger partial charge in [-0.25, -0.2) is 4.98 Å². The lowest BCUT2D eigenvalue weighted by Crippen LogP contribution is -2.16. The summed E-state index contributed by atoms with van der Waals surface area (Å²) in [4.78, 5) is 3.83. The van der Waals surface area contributed by atoms with Crippen molar-refractivity contribution >= 4 is 5.82 Å². The highest BCUT2D eigenvalue weighted by molar-refractivity contribution is 5.40. The van der Waals surface area contributed by atoms with Gasteiger partial charge in [-0.1, -0.05) is 6.07 Å². The van der Waals surface area contributed by atoms with Gasteiger partial charge in [-0.3, -0.25) is 0 Å². The van der Waals surface area contributed by atoms with Crippen LogP contribution in [-0.2, 0) is 0 Å². The van der Waals surface area contributed by atoms with Crippen LogP contribution in [0.1, 0.15) is 11.6 Å². The molecule has 4 nitrogen and oxygen atoms in total. The van der Waals surface area contributed by atoms with E-state index in [1.165, 1.54) is 0 Å². The second-order valence-electron chi connectivity index (χ2n) is 2.27. The average molecular weight is 153 g/mol. The maximum atomic E-state index is 8.70. The van der Waals surface area contributed by atoms with Crippen molar-refractivity contribution in [2.75, 3.05) is 12.3 Å². The van der Waals surface area contributed by atoms with Crippen molar-refractivity contribution in [1.29, 1.82) is 0 Å². The molecule has 1 rings (SSSR count). The summed E-state index contributed by atoms with van der Waals surface area (Å²) in [5.41, 5.74) is 11.7. The number of aliphatic hydroxyl groups is 1.